The molecule has 0 aliphatic heterocycles. The van der Waals surface area contributed by atoms with Gasteiger partial charge in [0.2, 0.25) is 0 Å². The number of amides is 1. The van der Waals surface area contributed by atoms with Crippen molar-refractivity contribution < 1.29 is 9.63 Å². The highest BCUT2D eigenvalue weighted by molar-refractivity contribution is 5.98. The molecule has 1 amide bonds. The van der Waals surface area contributed by atoms with Crippen molar-refractivity contribution in [3.8, 4) is 0 Å². The number of hydrogen-bond acceptors (Lipinski definition) is 3. The Morgan fingerprint density at radius 1 is 1.47 bits per heavy atom. The van der Waals surface area contributed by atoms with Crippen LogP contribution in [0.2, 0.25) is 0 Å². The van der Waals surface area contributed by atoms with Crippen molar-refractivity contribution in [1.29, 1.82) is 0 Å². The molecule has 0 spiro atoms. The molecule has 0 atom stereocenters. The van der Waals surface area contributed by atoms with Crippen LogP contribution in [-0.2, 0) is 4.84 Å². The van der Waals surface area contributed by atoms with Crippen LogP contribution in [0.15, 0.2) is 24.3 Å². The monoisotopic (exact) mass is 233 g/mol. The van der Waals surface area contributed by atoms with Gasteiger partial charge < -0.3 is 10.7 Å². The van der Waals surface area contributed by atoms with Crippen molar-refractivity contribution in [2.75, 3.05) is 19.4 Å². The molecule has 3 N–H and O–H groups in total. The Hall–Kier alpha value is -2.01. The molecule has 5 heteroatoms. The van der Waals surface area contributed by atoms with E-state index in [4.69, 9.17) is 10.6 Å². The van der Waals surface area contributed by atoms with Gasteiger partial charge in [-0.3, -0.25) is 9.63 Å². The second-order valence-corrected chi connectivity index (χ2v) is 3.71. The summed E-state index contributed by atoms with van der Waals surface area (Å²) in [6.45, 7) is 2.34. The SMILES string of the molecule is CCN(OC)C(=O)c1cc2ccc(N)cc2[nH]1. The van der Waals surface area contributed by atoms with E-state index in [1.54, 1.807) is 18.2 Å². The number of nitrogen functional groups attached to an aromatic ring is 1. The maximum Gasteiger partial charge on any atom is 0.293 e. The lowest BCUT2D eigenvalue weighted by Crippen LogP contribution is -2.29. The second-order valence-electron chi connectivity index (χ2n) is 3.71. The fourth-order valence-corrected chi connectivity index (χ4v) is 1.75. The van der Waals surface area contributed by atoms with Crippen LogP contribution in [-0.4, -0.2) is 29.6 Å². The van der Waals surface area contributed by atoms with Crippen LogP contribution in [0.5, 0.6) is 0 Å². The van der Waals surface area contributed by atoms with Crippen molar-refractivity contribution >= 4 is 22.5 Å². The first-order chi connectivity index (χ1) is 8.15. The zero-order chi connectivity index (χ0) is 12.4. The molecule has 0 aliphatic carbocycles. The Kier molecular flexibility index (Phi) is 3.01. The quantitative estimate of drug-likeness (QED) is 0.627. The molecule has 0 unspecified atom stereocenters. The largest absolute Gasteiger partial charge is 0.399 e. The smallest absolute Gasteiger partial charge is 0.293 e. The summed E-state index contributed by atoms with van der Waals surface area (Å²) in [6, 6.07) is 7.27. The summed E-state index contributed by atoms with van der Waals surface area (Å²) < 4.78 is 0. The van der Waals surface area contributed by atoms with E-state index in [0.717, 1.165) is 10.9 Å². The molecule has 0 fully saturated rings. The number of aromatic nitrogens is 1. The number of H-pyrrole nitrogens is 1. The van der Waals surface area contributed by atoms with E-state index in [-0.39, 0.29) is 5.91 Å². The molecule has 2 aromatic rings. The van der Waals surface area contributed by atoms with Gasteiger partial charge in [-0.15, -0.1) is 0 Å². The third kappa shape index (κ3) is 2.09. The lowest BCUT2D eigenvalue weighted by Gasteiger charge is -2.16. The van der Waals surface area contributed by atoms with Crippen molar-refractivity contribution in [2.45, 2.75) is 6.92 Å². The van der Waals surface area contributed by atoms with Gasteiger partial charge >= 0.3 is 0 Å². The Morgan fingerprint density at radius 3 is 2.88 bits per heavy atom. The summed E-state index contributed by atoms with van der Waals surface area (Å²) in [5.74, 6) is -0.190. The summed E-state index contributed by atoms with van der Waals surface area (Å²) in [6.07, 6.45) is 0. The Labute approximate surface area is 99.1 Å². The topological polar surface area (TPSA) is 71.3 Å². The van der Waals surface area contributed by atoms with E-state index in [9.17, 15) is 4.79 Å². The van der Waals surface area contributed by atoms with Gasteiger partial charge in [-0.05, 0) is 25.1 Å². The molecule has 0 radical (unpaired) electrons. The summed E-state index contributed by atoms with van der Waals surface area (Å²) in [4.78, 5) is 20.0. The van der Waals surface area contributed by atoms with Gasteiger partial charge in [0, 0.05) is 23.1 Å². The minimum atomic E-state index is -0.190. The van der Waals surface area contributed by atoms with Crippen molar-refractivity contribution in [3.05, 3.63) is 30.0 Å². The third-order valence-corrected chi connectivity index (χ3v) is 2.61. The zero-order valence-corrected chi connectivity index (χ0v) is 9.86. The molecule has 1 aromatic carbocycles. The Bertz CT molecular complexity index is 544. The summed E-state index contributed by atoms with van der Waals surface area (Å²) >= 11 is 0. The van der Waals surface area contributed by atoms with Crippen LogP contribution in [0.25, 0.3) is 10.9 Å². The van der Waals surface area contributed by atoms with Gasteiger partial charge in [-0.1, -0.05) is 6.07 Å². The minimum Gasteiger partial charge on any atom is -0.399 e. The Balaban J connectivity index is 2.39. The highest BCUT2D eigenvalue weighted by Gasteiger charge is 2.16. The number of rotatable bonds is 3. The summed E-state index contributed by atoms with van der Waals surface area (Å²) in [5, 5.41) is 2.24. The normalized spacial score (nSPS) is 10.7. The number of carbonyl (C=O) groups is 1. The number of anilines is 1. The van der Waals surface area contributed by atoms with Crippen LogP contribution in [0.4, 0.5) is 5.69 Å². The molecule has 1 heterocycles. The summed E-state index contributed by atoms with van der Waals surface area (Å²) in [7, 11) is 1.47. The highest BCUT2D eigenvalue weighted by Crippen LogP contribution is 2.19. The van der Waals surface area contributed by atoms with Gasteiger partial charge in [0.15, 0.2) is 0 Å². The number of carbonyl (C=O) groups excluding carboxylic acids is 1. The van der Waals surface area contributed by atoms with Crippen molar-refractivity contribution in [2.24, 2.45) is 0 Å². The lowest BCUT2D eigenvalue weighted by atomic mass is 10.2. The number of nitrogens with one attached hydrogen (secondary N) is 1. The molecule has 2 rings (SSSR count). The molecule has 17 heavy (non-hydrogen) atoms. The van der Waals surface area contributed by atoms with Crippen molar-refractivity contribution in [1.82, 2.24) is 10.0 Å². The minimum absolute atomic E-state index is 0.190. The van der Waals surface area contributed by atoms with E-state index >= 15 is 0 Å². The molecule has 0 bridgehead atoms. The van der Waals surface area contributed by atoms with Gasteiger partial charge in [0.25, 0.3) is 5.91 Å². The maximum atomic E-state index is 12.0. The number of hydrogen-bond donors (Lipinski definition) is 2. The van der Waals surface area contributed by atoms with Gasteiger partial charge in [0.05, 0.1) is 7.11 Å². The number of nitrogens with two attached hydrogens (primary N) is 1. The average Bonchev–Trinajstić information content (AvgIpc) is 2.73. The Morgan fingerprint density at radius 2 is 2.24 bits per heavy atom. The molecule has 5 nitrogen and oxygen atoms in total. The van der Waals surface area contributed by atoms with Crippen LogP contribution in [0.1, 0.15) is 17.4 Å². The van der Waals surface area contributed by atoms with E-state index < -0.39 is 0 Å². The number of aromatic amines is 1. The first kappa shape index (κ1) is 11.5. The predicted octanol–water partition coefficient (Wildman–Crippen LogP) is 1.77. The first-order valence-corrected chi connectivity index (χ1v) is 5.40. The summed E-state index contributed by atoms with van der Waals surface area (Å²) in [5.41, 5.74) is 7.69. The van der Waals surface area contributed by atoms with Gasteiger partial charge in [0.1, 0.15) is 5.69 Å². The van der Waals surface area contributed by atoms with Crippen molar-refractivity contribution in [3.63, 3.8) is 0 Å². The van der Waals surface area contributed by atoms with Crippen LogP contribution < -0.4 is 5.73 Å². The number of benzene rings is 1. The number of fused-ring (bicyclic) bond motifs is 1. The molecule has 0 aliphatic rings. The molecule has 0 saturated carbocycles. The fourth-order valence-electron chi connectivity index (χ4n) is 1.75. The first-order valence-electron chi connectivity index (χ1n) is 5.40. The molecule has 0 saturated heterocycles. The lowest BCUT2D eigenvalue weighted by molar-refractivity contribution is -0.0917. The van der Waals surface area contributed by atoms with Gasteiger partial charge in [-0.25, -0.2) is 5.06 Å². The molecular weight excluding hydrogens is 218 g/mol. The fraction of sp³-hybridized carbons (Fsp3) is 0.250. The molecule has 1 aromatic heterocycles. The van der Waals surface area contributed by atoms with Crippen LogP contribution in [0, 0.1) is 0 Å². The predicted molar refractivity (Wildman–Crippen MR) is 66.4 cm³/mol. The van der Waals surface area contributed by atoms with E-state index in [0.29, 0.717) is 17.9 Å². The van der Waals surface area contributed by atoms with E-state index in [1.165, 1.54) is 12.2 Å². The van der Waals surface area contributed by atoms with Crippen LogP contribution >= 0.6 is 0 Å². The standard InChI is InChI=1S/C12H15N3O2/c1-3-15(17-2)12(16)11-6-8-4-5-9(13)7-10(8)14-11/h4-7,14H,3,13H2,1-2H3. The highest BCUT2D eigenvalue weighted by atomic mass is 16.7. The molecular formula is C12H15N3O2. The average molecular weight is 233 g/mol. The van der Waals surface area contributed by atoms with Gasteiger partial charge in [-0.2, -0.15) is 0 Å². The van der Waals surface area contributed by atoms with Crippen LogP contribution in [0.3, 0.4) is 0 Å². The third-order valence-electron chi connectivity index (χ3n) is 2.61. The number of nitrogens with zero attached hydrogens (tertiary/aromatic N) is 1. The maximum absolute atomic E-state index is 12.0. The number of hydroxylamine groups is 2. The second kappa shape index (κ2) is 4.47. The van der Waals surface area contributed by atoms with E-state index in [1.807, 2.05) is 13.0 Å². The molecule has 90 valence electrons. The van der Waals surface area contributed by atoms with E-state index in [2.05, 4.69) is 4.98 Å². The zero-order valence-electron chi connectivity index (χ0n) is 9.86.